The minimum Gasteiger partial charge on any atom is -0.493 e. The number of rotatable bonds is 1. The highest BCUT2D eigenvalue weighted by Crippen LogP contribution is 2.21. The van der Waals surface area contributed by atoms with E-state index in [9.17, 15) is 18.0 Å². The molecule has 2 aromatic rings. The van der Waals surface area contributed by atoms with Gasteiger partial charge in [-0.2, -0.15) is 4.31 Å². The van der Waals surface area contributed by atoms with Crippen molar-refractivity contribution in [1.29, 1.82) is 0 Å². The van der Waals surface area contributed by atoms with E-state index in [1.165, 1.54) is 4.31 Å². The van der Waals surface area contributed by atoms with Crippen LogP contribution in [-0.4, -0.2) is 71.5 Å². The van der Waals surface area contributed by atoms with Crippen LogP contribution in [0, 0.1) is 6.92 Å². The van der Waals surface area contributed by atoms with Gasteiger partial charge in [0.1, 0.15) is 11.8 Å². The maximum Gasteiger partial charge on any atom is 0.255 e. The predicted octanol–water partition coefficient (Wildman–Crippen LogP) is 0.455. The maximum atomic E-state index is 12.8. The summed E-state index contributed by atoms with van der Waals surface area (Å²) in [6.45, 7) is 4.93. The number of ether oxygens (including phenoxy) is 1. The molecule has 0 saturated heterocycles. The van der Waals surface area contributed by atoms with Crippen LogP contribution in [0.3, 0.4) is 0 Å². The summed E-state index contributed by atoms with van der Waals surface area (Å²) in [6, 6.07) is 4.51. The highest BCUT2D eigenvalue weighted by atomic mass is 32.2. The number of carbonyl (C=O) groups is 2. The molecule has 1 aliphatic heterocycles. The summed E-state index contributed by atoms with van der Waals surface area (Å²) in [5.41, 5.74) is 1.83. The Morgan fingerprint density at radius 2 is 1.97 bits per heavy atom. The molecule has 11 nitrogen and oxygen atoms in total. The second-order valence-electron chi connectivity index (χ2n) is 8.11. The molecule has 0 radical (unpaired) electrons. The third-order valence-corrected chi connectivity index (χ3v) is 6.44. The summed E-state index contributed by atoms with van der Waals surface area (Å²) in [7, 11) is -3.47. The van der Waals surface area contributed by atoms with Gasteiger partial charge in [-0.15, -0.1) is 5.10 Å². The molecule has 2 heterocycles. The minimum atomic E-state index is -3.47. The molecule has 3 rings (SSSR count). The van der Waals surface area contributed by atoms with Crippen molar-refractivity contribution in [2.24, 2.45) is 0 Å². The Balaban J connectivity index is 1.79. The lowest BCUT2D eigenvalue weighted by Crippen LogP contribution is -2.45. The lowest BCUT2D eigenvalue weighted by Gasteiger charge is -2.19. The Morgan fingerprint density at radius 1 is 1.18 bits per heavy atom. The normalized spacial score (nSPS) is 19.8. The Hall–Kier alpha value is -2.99. The van der Waals surface area contributed by atoms with Crippen LogP contribution in [0.15, 0.2) is 24.4 Å². The van der Waals surface area contributed by atoms with Crippen molar-refractivity contribution in [2.45, 2.75) is 45.8 Å². The summed E-state index contributed by atoms with van der Waals surface area (Å²) < 4.78 is 33.1. The van der Waals surface area contributed by atoms with E-state index in [1.54, 1.807) is 29.9 Å². The second-order valence-corrected chi connectivity index (χ2v) is 10.1. The molecule has 2 bridgehead atoms. The molecule has 0 fully saturated rings. The number of amides is 2. The summed E-state index contributed by atoms with van der Waals surface area (Å²) in [5.74, 6) is -0.319. The molecule has 0 spiro atoms. The molecule has 33 heavy (non-hydrogen) atoms. The van der Waals surface area contributed by atoms with Crippen molar-refractivity contribution in [3.05, 3.63) is 41.2 Å². The first kappa shape index (κ1) is 24.6. The summed E-state index contributed by atoms with van der Waals surface area (Å²) in [5, 5.41) is 13.6. The van der Waals surface area contributed by atoms with Gasteiger partial charge in [0, 0.05) is 32.3 Å². The van der Waals surface area contributed by atoms with Crippen molar-refractivity contribution in [1.82, 2.24) is 29.9 Å². The lowest BCUT2D eigenvalue weighted by molar-refractivity contribution is -0.122. The fourth-order valence-electron chi connectivity index (χ4n) is 3.37. The SMILES string of the molecule is Cc1ccc2c(c1)OCCCn1cc(nn1)CN(S(C)(=O)=O)CCCNC(=O)[C@@H](C)NC2=O. The van der Waals surface area contributed by atoms with E-state index in [4.69, 9.17) is 4.74 Å². The number of sulfonamides is 1. The molecular formula is C21H30N6O5S. The van der Waals surface area contributed by atoms with Crippen molar-refractivity contribution >= 4 is 21.8 Å². The highest BCUT2D eigenvalue weighted by molar-refractivity contribution is 7.88. The van der Waals surface area contributed by atoms with Gasteiger partial charge in [-0.25, -0.2) is 8.42 Å². The van der Waals surface area contributed by atoms with Gasteiger partial charge in [-0.1, -0.05) is 11.3 Å². The number of carbonyl (C=O) groups excluding carboxylic acids is 2. The van der Waals surface area contributed by atoms with Crippen LogP contribution in [0.2, 0.25) is 0 Å². The minimum absolute atomic E-state index is 0.0996. The Morgan fingerprint density at radius 3 is 2.73 bits per heavy atom. The van der Waals surface area contributed by atoms with E-state index in [0.29, 0.717) is 43.0 Å². The van der Waals surface area contributed by atoms with Crippen molar-refractivity contribution < 1.29 is 22.7 Å². The summed E-state index contributed by atoms with van der Waals surface area (Å²) >= 11 is 0. The van der Waals surface area contributed by atoms with E-state index in [0.717, 1.165) is 11.8 Å². The van der Waals surface area contributed by atoms with E-state index in [-0.39, 0.29) is 25.5 Å². The van der Waals surface area contributed by atoms with E-state index < -0.39 is 22.0 Å². The molecular weight excluding hydrogens is 448 g/mol. The predicted molar refractivity (Wildman–Crippen MR) is 121 cm³/mol. The molecule has 1 aliphatic rings. The zero-order valence-electron chi connectivity index (χ0n) is 19.1. The number of fused-ring (bicyclic) bond motifs is 3. The summed E-state index contributed by atoms with van der Waals surface area (Å²) in [6.07, 6.45) is 3.86. The zero-order valence-corrected chi connectivity index (χ0v) is 19.9. The topological polar surface area (TPSA) is 136 Å². The van der Waals surface area contributed by atoms with Gasteiger partial charge in [0.2, 0.25) is 15.9 Å². The number of hydrogen-bond acceptors (Lipinski definition) is 7. The molecule has 1 atom stereocenters. The number of aryl methyl sites for hydroxylation is 2. The molecule has 0 aliphatic carbocycles. The van der Waals surface area contributed by atoms with Crippen molar-refractivity contribution in [3.8, 4) is 5.75 Å². The van der Waals surface area contributed by atoms with Crippen LogP contribution >= 0.6 is 0 Å². The van der Waals surface area contributed by atoms with Gasteiger partial charge in [-0.05, 0) is 38.0 Å². The largest absolute Gasteiger partial charge is 0.493 e. The average Bonchev–Trinajstić information content (AvgIpc) is 3.19. The molecule has 0 unspecified atom stereocenters. The van der Waals surface area contributed by atoms with Crippen LogP contribution in [0.25, 0.3) is 0 Å². The van der Waals surface area contributed by atoms with E-state index >= 15 is 0 Å². The van der Waals surface area contributed by atoms with Gasteiger partial charge < -0.3 is 15.4 Å². The molecule has 0 saturated carbocycles. The van der Waals surface area contributed by atoms with Gasteiger partial charge in [0.25, 0.3) is 5.91 Å². The Kier molecular flexibility index (Phi) is 8.03. The third-order valence-electron chi connectivity index (χ3n) is 5.19. The quantitative estimate of drug-likeness (QED) is 0.608. The molecule has 180 valence electrons. The van der Waals surface area contributed by atoms with Gasteiger partial charge >= 0.3 is 0 Å². The van der Waals surface area contributed by atoms with Crippen molar-refractivity contribution in [2.75, 3.05) is 26.0 Å². The average molecular weight is 479 g/mol. The molecule has 2 N–H and O–H groups in total. The fourth-order valence-corrected chi connectivity index (χ4v) is 4.20. The zero-order chi connectivity index (χ0) is 24.0. The van der Waals surface area contributed by atoms with Gasteiger partial charge in [-0.3, -0.25) is 14.3 Å². The summed E-state index contributed by atoms with van der Waals surface area (Å²) in [4.78, 5) is 25.2. The van der Waals surface area contributed by atoms with Gasteiger partial charge in [0.05, 0.1) is 30.7 Å². The first-order chi connectivity index (χ1) is 15.6. The van der Waals surface area contributed by atoms with Crippen LogP contribution in [0.4, 0.5) is 0 Å². The Bertz CT molecular complexity index is 1100. The number of benzene rings is 1. The first-order valence-corrected chi connectivity index (χ1v) is 12.6. The monoisotopic (exact) mass is 478 g/mol. The van der Waals surface area contributed by atoms with E-state index in [1.807, 2.05) is 13.0 Å². The number of hydrogen-bond donors (Lipinski definition) is 2. The second kappa shape index (κ2) is 10.8. The van der Waals surface area contributed by atoms with Crippen LogP contribution in [-0.2, 0) is 27.9 Å². The van der Waals surface area contributed by atoms with E-state index in [2.05, 4.69) is 20.9 Å². The lowest BCUT2D eigenvalue weighted by atomic mass is 10.1. The molecule has 1 aromatic carbocycles. The third kappa shape index (κ3) is 6.99. The van der Waals surface area contributed by atoms with Crippen LogP contribution < -0.4 is 15.4 Å². The standard InChI is InChI=1S/C21H30N6O5S/c1-15-6-7-18-19(12-15)32-11-5-9-26-13-17(24-25-26)14-27(33(3,30)31)10-4-8-22-20(28)16(2)23-21(18)29/h6-7,12-13,16H,4-5,8-11,14H2,1-3H3,(H,22,28)(H,23,29)/t16-/m1/s1. The maximum absolute atomic E-state index is 12.8. The fraction of sp³-hybridized carbons (Fsp3) is 0.524. The molecule has 1 aromatic heterocycles. The number of nitrogens with zero attached hydrogens (tertiary/aromatic N) is 4. The number of aromatic nitrogens is 3. The smallest absolute Gasteiger partial charge is 0.255 e. The Labute approximate surface area is 193 Å². The van der Waals surface area contributed by atoms with Crippen molar-refractivity contribution in [3.63, 3.8) is 0 Å². The van der Waals surface area contributed by atoms with Crippen LogP contribution in [0.1, 0.15) is 41.4 Å². The molecule has 2 amide bonds. The van der Waals surface area contributed by atoms with Crippen LogP contribution in [0.5, 0.6) is 5.75 Å². The first-order valence-electron chi connectivity index (χ1n) is 10.8. The van der Waals surface area contributed by atoms with Gasteiger partial charge in [0.15, 0.2) is 0 Å². The number of nitrogens with one attached hydrogen (secondary N) is 2. The highest BCUT2D eigenvalue weighted by Gasteiger charge is 2.21. The molecule has 12 heteroatoms.